The van der Waals surface area contributed by atoms with Gasteiger partial charge in [0.1, 0.15) is 0 Å². The first-order valence-electron chi connectivity index (χ1n) is 6.33. The maximum absolute atomic E-state index is 9.33. The summed E-state index contributed by atoms with van der Waals surface area (Å²) in [6.07, 6.45) is 0. The van der Waals surface area contributed by atoms with Gasteiger partial charge in [-0.2, -0.15) is 4.98 Å². The highest BCUT2D eigenvalue weighted by Gasteiger charge is 2.24. The zero-order valence-corrected chi connectivity index (χ0v) is 12.6. The maximum atomic E-state index is 9.33. The van der Waals surface area contributed by atoms with E-state index in [1.807, 2.05) is 37.9 Å². The SMILES string of the molecule is CN(Cc1nc(-c2cccc(Cl)c2)no1)C(C)(C)CO. The van der Waals surface area contributed by atoms with E-state index in [0.717, 1.165) is 5.56 Å². The number of likely N-dealkylation sites (N-methyl/N-ethyl adjacent to an activating group) is 1. The zero-order valence-electron chi connectivity index (χ0n) is 11.8. The molecule has 0 fully saturated rings. The van der Waals surface area contributed by atoms with Crippen LogP contribution in [0.5, 0.6) is 0 Å². The van der Waals surface area contributed by atoms with Crippen LogP contribution in [0.4, 0.5) is 0 Å². The van der Waals surface area contributed by atoms with E-state index >= 15 is 0 Å². The third-order valence-corrected chi connectivity index (χ3v) is 3.58. The molecular formula is C14H18ClN3O2. The number of benzene rings is 1. The molecule has 0 amide bonds. The molecule has 1 heterocycles. The van der Waals surface area contributed by atoms with Gasteiger partial charge in [-0.15, -0.1) is 0 Å². The fourth-order valence-corrected chi connectivity index (χ4v) is 1.79. The van der Waals surface area contributed by atoms with Crippen LogP contribution in [0.15, 0.2) is 28.8 Å². The molecule has 0 aliphatic carbocycles. The molecule has 5 nitrogen and oxygen atoms in total. The van der Waals surface area contributed by atoms with Gasteiger partial charge in [0.15, 0.2) is 0 Å². The van der Waals surface area contributed by atoms with Gasteiger partial charge in [-0.1, -0.05) is 28.9 Å². The average molecular weight is 296 g/mol. The predicted molar refractivity (Wildman–Crippen MR) is 77.4 cm³/mol. The van der Waals surface area contributed by atoms with Crippen molar-refractivity contribution in [3.8, 4) is 11.4 Å². The summed E-state index contributed by atoms with van der Waals surface area (Å²) in [7, 11) is 1.90. The second-order valence-corrected chi connectivity index (χ2v) is 5.79. The third kappa shape index (κ3) is 3.36. The number of rotatable bonds is 5. The Morgan fingerprint density at radius 1 is 1.40 bits per heavy atom. The van der Waals surface area contributed by atoms with E-state index in [1.165, 1.54) is 0 Å². The summed E-state index contributed by atoms with van der Waals surface area (Å²) in [5.74, 6) is 1.02. The van der Waals surface area contributed by atoms with Crippen LogP contribution in [0.2, 0.25) is 5.02 Å². The van der Waals surface area contributed by atoms with Crippen molar-refractivity contribution in [2.45, 2.75) is 25.9 Å². The minimum Gasteiger partial charge on any atom is -0.394 e. The monoisotopic (exact) mass is 295 g/mol. The first kappa shape index (κ1) is 15.0. The van der Waals surface area contributed by atoms with E-state index in [1.54, 1.807) is 12.1 Å². The molecule has 0 radical (unpaired) electrons. The quantitative estimate of drug-likeness (QED) is 0.918. The van der Waals surface area contributed by atoms with Crippen LogP contribution in [0.3, 0.4) is 0 Å². The molecule has 1 aromatic heterocycles. The van der Waals surface area contributed by atoms with Crippen molar-refractivity contribution in [2.75, 3.05) is 13.7 Å². The van der Waals surface area contributed by atoms with Gasteiger partial charge in [0.25, 0.3) is 0 Å². The second kappa shape index (κ2) is 5.91. The Balaban J connectivity index is 2.14. The molecule has 0 saturated carbocycles. The van der Waals surface area contributed by atoms with Crippen LogP contribution in [-0.4, -0.2) is 39.3 Å². The highest BCUT2D eigenvalue weighted by molar-refractivity contribution is 6.30. The van der Waals surface area contributed by atoms with Gasteiger partial charge in [0, 0.05) is 16.1 Å². The number of aromatic nitrogens is 2. The van der Waals surface area contributed by atoms with E-state index in [0.29, 0.717) is 23.3 Å². The standard InChI is InChI=1S/C14H18ClN3O2/c1-14(2,9-19)18(3)8-12-16-13(17-20-12)10-5-4-6-11(15)7-10/h4-7,19H,8-9H2,1-3H3. The Hall–Kier alpha value is -1.43. The van der Waals surface area contributed by atoms with Crippen LogP contribution in [0.1, 0.15) is 19.7 Å². The van der Waals surface area contributed by atoms with Crippen molar-refractivity contribution in [3.05, 3.63) is 35.2 Å². The molecule has 2 rings (SSSR count). The minimum atomic E-state index is -0.343. The van der Waals surface area contributed by atoms with Gasteiger partial charge >= 0.3 is 0 Å². The minimum absolute atomic E-state index is 0.0544. The van der Waals surface area contributed by atoms with Crippen molar-refractivity contribution in [2.24, 2.45) is 0 Å². The second-order valence-electron chi connectivity index (χ2n) is 5.35. The van der Waals surface area contributed by atoms with Gasteiger partial charge in [-0.25, -0.2) is 0 Å². The first-order chi connectivity index (χ1) is 9.42. The number of nitrogens with zero attached hydrogens (tertiary/aromatic N) is 3. The molecule has 1 aromatic carbocycles. The molecule has 0 aliphatic rings. The summed E-state index contributed by atoms with van der Waals surface area (Å²) in [4.78, 5) is 6.31. The number of hydrogen-bond donors (Lipinski definition) is 1. The van der Waals surface area contributed by atoms with Crippen molar-refractivity contribution < 1.29 is 9.63 Å². The molecule has 0 aliphatic heterocycles. The van der Waals surface area contributed by atoms with E-state index in [4.69, 9.17) is 16.1 Å². The molecule has 6 heteroatoms. The fourth-order valence-electron chi connectivity index (χ4n) is 1.60. The molecule has 0 unspecified atom stereocenters. The van der Waals surface area contributed by atoms with Crippen molar-refractivity contribution >= 4 is 11.6 Å². The Labute approximate surface area is 123 Å². The smallest absolute Gasteiger partial charge is 0.241 e. The lowest BCUT2D eigenvalue weighted by Gasteiger charge is -2.32. The molecule has 2 aromatic rings. The molecule has 108 valence electrons. The number of hydrogen-bond acceptors (Lipinski definition) is 5. The molecule has 0 atom stereocenters. The summed E-state index contributed by atoms with van der Waals surface area (Å²) in [5, 5.41) is 13.9. The molecule has 1 N–H and O–H groups in total. The topological polar surface area (TPSA) is 62.4 Å². The number of aliphatic hydroxyl groups is 1. The van der Waals surface area contributed by atoms with Gasteiger partial charge in [-0.05, 0) is 33.0 Å². The lowest BCUT2D eigenvalue weighted by Crippen LogP contribution is -2.43. The summed E-state index contributed by atoms with van der Waals surface area (Å²) >= 11 is 5.94. The Morgan fingerprint density at radius 3 is 2.80 bits per heavy atom. The van der Waals surface area contributed by atoms with Gasteiger partial charge in [-0.3, -0.25) is 4.90 Å². The number of halogens is 1. The van der Waals surface area contributed by atoms with E-state index in [9.17, 15) is 5.11 Å². The van der Waals surface area contributed by atoms with E-state index in [-0.39, 0.29) is 12.1 Å². The van der Waals surface area contributed by atoms with Crippen molar-refractivity contribution in [3.63, 3.8) is 0 Å². The fraction of sp³-hybridized carbons (Fsp3) is 0.429. The van der Waals surface area contributed by atoms with Gasteiger partial charge < -0.3 is 9.63 Å². The zero-order chi connectivity index (χ0) is 14.8. The Bertz CT molecular complexity index is 583. The van der Waals surface area contributed by atoms with Crippen LogP contribution in [0, 0.1) is 0 Å². The maximum Gasteiger partial charge on any atom is 0.241 e. The largest absolute Gasteiger partial charge is 0.394 e. The van der Waals surface area contributed by atoms with Crippen LogP contribution in [-0.2, 0) is 6.54 Å². The van der Waals surface area contributed by atoms with Crippen molar-refractivity contribution in [1.29, 1.82) is 0 Å². The normalized spacial score (nSPS) is 12.1. The lowest BCUT2D eigenvalue weighted by molar-refractivity contribution is 0.0652. The highest BCUT2D eigenvalue weighted by atomic mass is 35.5. The first-order valence-corrected chi connectivity index (χ1v) is 6.71. The molecule has 20 heavy (non-hydrogen) atoms. The summed E-state index contributed by atoms with van der Waals surface area (Å²) in [6.45, 7) is 4.42. The third-order valence-electron chi connectivity index (χ3n) is 3.34. The Morgan fingerprint density at radius 2 is 2.15 bits per heavy atom. The molecule has 0 spiro atoms. The predicted octanol–water partition coefficient (Wildman–Crippen LogP) is 2.59. The van der Waals surface area contributed by atoms with Crippen molar-refractivity contribution in [1.82, 2.24) is 15.0 Å². The van der Waals surface area contributed by atoms with Crippen LogP contribution < -0.4 is 0 Å². The van der Waals surface area contributed by atoms with Gasteiger partial charge in [0.2, 0.25) is 11.7 Å². The lowest BCUT2D eigenvalue weighted by atomic mass is 10.1. The van der Waals surface area contributed by atoms with E-state index < -0.39 is 0 Å². The van der Waals surface area contributed by atoms with Gasteiger partial charge in [0.05, 0.1) is 13.2 Å². The van der Waals surface area contributed by atoms with E-state index in [2.05, 4.69) is 10.1 Å². The summed E-state index contributed by atoms with van der Waals surface area (Å²) in [6, 6.07) is 7.30. The molecule has 0 bridgehead atoms. The Kier molecular flexibility index (Phi) is 4.42. The molecular weight excluding hydrogens is 278 g/mol. The summed E-state index contributed by atoms with van der Waals surface area (Å²) in [5.41, 5.74) is 0.474. The highest BCUT2D eigenvalue weighted by Crippen LogP contribution is 2.21. The van der Waals surface area contributed by atoms with Crippen LogP contribution >= 0.6 is 11.6 Å². The molecule has 0 saturated heterocycles. The average Bonchev–Trinajstić information content (AvgIpc) is 2.87. The van der Waals surface area contributed by atoms with Crippen LogP contribution in [0.25, 0.3) is 11.4 Å². The number of aliphatic hydroxyl groups excluding tert-OH is 1. The summed E-state index contributed by atoms with van der Waals surface area (Å²) < 4.78 is 5.24.